The van der Waals surface area contributed by atoms with Gasteiger partial charge in [0.25, 0.3) is 5.91 Å². The third kappa shape index (κ3) is 5.98. The van der Waals surface area contributed by atoms with Gasteiger partial charge < -0.3 is 19.7 Å². The highest BCUT2D eigenvalue weighted by atomic mass is 79.9. The van der Waals surface area contributed by atoms with E-state index in [1.807, 2.05) is 57.2 Å². The summed E-state index contributed by atoms with van der Waals surface area (Å²) in [6, 6.07) is 10.6. The Balaban J connectivity index is 2.21. The van der Waals surface area contributed by atoms with Crippen molar-refractivity contribution in [2.45, 2.75) is 39.8 Å². The molecule has 0 bridgehead atoms. The molecule has 0 aliphatic heterocycles. The van der Waals surface area contributed by atoms with Crippen molar-refractivity contribution in [2.24, 2.45) is 0 Å². The molecule has 1 atom stereocenters. The van der Waals surface area contributed by atoms with Crippen molar-refractivity contribution in [3.8, 4) is 11.5 Å². The van der Waals surface area contributed by atoms with Crippen LogP contribution in [0.3, 0.4) is 0 Å². The summed E-state index contributed by atoms with van der Waals surface area (Å²) in [5.74, 6) is 0.910. The number of nitrogens with zero attached hydrogens (tertiary/aromatic N) is 1. The van der Waals surface area contributed by atoms with Gasteiger partial charge in [0.1, 0.15) is 17.5 Å². The van der Waals surface area contributed by atoms with Gasteiger partial charge in [-0.05, 0) is 61.2 Å². The molecular weight excluding hydrogens is 448 g/mol. The van der Waals surface area contributed by atoms with Crippen LogP contribution in [0.5, 0.6) is 11.5 Å². The standard InChI is InChI=1S/C23H29BrN2O4/c1-6-20(23(28)25-4)26(13-17-7-9-18(29-5)10-8-17)21(27)14-30-19-11-15(2)22(24)16(3)12-19/h7-12,20H,6,13-14H2,1-5H3,(H,25,28). The fourth-order valence-corrected chi connectivity index (χ4v) is 3.46. The van der Waals surface area contributed by atoms with E-state index >= 15 is 0 Å². The molecule has 0 heterocycles. The summed E-state index contributed by atoms with van der Waals surface area (Å²) in [6.45, 7) is 5.98. The summed E-state index contributed by atoms with van der Waals surface area (Å²) >= 11 is 3.53. The number of likely N-dealkylation sites (N-methyl/N-ethyl adjacent to an activating group) is 1. The van der Waals surface area contributed by atoms with Crippen LogP contribution in [0.25, 0.3) is 0 Å². The lowest BCUT2D eigenvalue weighted by molar-refractivity contribution is -0.142. The number of halogens is 1. The fourth-order valence-electron chi connectivity index (χ4n) is 3.23. The lowest BCUT2D eigenvalue weighted by Gasteiger charge is -2.30. The summed E-state index contributed by atoms with van der Waals surface area (Å²) in [7, 11) is 3.18. The Morgan fingerprint density at radius 1 is 1.10 bits per heavy atom. The van der Waals surface area contributed by atoms with Crippen molar-refractivity contribution in [3.63, 3.8) is 0 Å². The number of benzene rings is 2. The molecule has 2 aromatic rings. The van der Waals surface area contributed by atoms with Crippen molar-refractivity contribution in [2.75, 3.05) is 20.8 Å². The Hall–Kier alpha value is -2.54. The molecule has 0 saturated carbocycles. The Kier molecular flexibility index (Phi) is 8.72. The van der Waals surface area contributed by atoms with Gasteiger partial charge in [-0.2, -0.15) is 0 Å². The van der Waals surface area contributed by atoms with Gasteiger partial charge in [0.15, 0.2) is 6.61 Å². The molecule has 0 saturated heterocycles. The lowest BCUT2D eigenvalue weighted by atomic mass is 10.1. The van der Waals surface area contributed by atoms with E-state index in [9.17, 15) is 9.59 Å². The predicted molar refractivity (Wildman–Crippen MR) is 121 cm³/mol. The number of methoxy groups -OCH3 is 1. The van der Waals surface area contributed by atoms with Gasteiger partial charge in [0, 0.05) is 18.1 Å². The second-order valence-corrected chi connectivity index (χ2v) is 7.86. The minimum atomic E-state index is -0.582. The molecule has 0 radical (unpaired) electrons. The van der Waals surface area contributed by atoms with E-state index in [0.717, 1.165) is 26.9 Å². The molecule has 162 valence electrons. The van der Waals surface area contributed by atoms with Gasteiger partial charge in [0.2, 0.25) is 5.91 Å². The van der Waals surface area contributed by atoms with Crippen LogP contribution in [0, 0.1) is 13.8 Å². The number of ether oxygens (including phenoxy) is 2. The van der Waals surface area contributed by atoms with E-state index in [0.29, 0.717) is 18.7 Å². The maximum Gasteiger partial charge on any atom is 0.261 e. The minimum absolute atomic E-state index is 0.149. The second-order valence-electron chi connectivity index (χ2n) is 7.07. The van der Waals surface area contributed by atoms with Gasteiger partial charge in [-0.1, -0.05) is 35.0 Å². The van der Waals surface area contributed by atoms with E-state index < -0.39 is 6.04 Å². The third-order valence-electron chi connectivity index (χ3n) is 4.92. The summed E-state index contributed by atoms with van der Waals surface area (Å²) in [5.41, 5.74) is 2.97. The van der Waals surface area contributed by atoms with Crippen LogP contribution >= 0.6 is 15.9 Å². The summed E-state index contributed by atoms with van der Waals surface area (Å²) in [6.07, 6.45) is 0.498. The van der Waals surface area contributed by atoms with Crippen LogP contribution in [0.2, 0.25) is 0 Å². The number of hydrogen-bond acceptors (Lipinski definition) is 4. The summed E-state index contributed by atoms with van der Waals surface area (Å²) in [4.78, 5) is 27.1. The average molecular weight is 477 g/mol. The molecule has 0 fully saturated rings. The molecule has 0 spiro atoms. The van der Waals surface area contributed by atoms with Crippen LogP contribution in [0.1, 0.15) is 30.0 Å². The normalized spacial score (nSPS) is 11.5. The molecule has 1 unspecified atom stereocenters. The molecule has 0 aliphatic rings. The number of rotatable bonds is 9. The molecule has 2 rings (SSSR count). The van der Waals surface area contributed by atoms with E-state index in [1.54, 1.807) is 19.1 Å². The zero-order chi connectivity index (χ0) is 22.3. The van der Waals surface area contributed by atoms with Gasteiger partial charge >= 0.3 is 0 Å². The SMILES string of the molecule is CCC(C(=O)NC)N(Cc1ccc(OC)cc1)C(=O)COc1cc(C)c(Br)c(C)c1. The van der Waals surface area contributed by atoms with Gasteiger partial charge in [-0.15, -0.1) is 0 Å². The smallest absolute Gasteiger partial charge is 0.261 e. The summed E-state index contributed by atoms with van der Waals surface area (Å²) in [5, 5.41) is 2.65. The Bertz CT molecular complexity index is 860. The van der Waals surface area contributed by atoms with Crippen molar-refractivity contribution < 1.29 is 19.1 Å². The third-order valence-corrected chi connectivity index (χ3v) is 6.17. The monoisotopic (exact) mass is 476 g/mol. The van der Waals surface area contributed by atoms with Gasteiger partial charge in [0.05, 0.1) is 7.11 Å². The number of aryl methyl sites for hydroxylation is 2. The first-order chi connectivity index (χ1) is 14.3. The first kappa shape index (κ1) is 23.7. The topological polar surface area (TPSA) is 67.9 Å². The van der Waals surface area contributed by atoms with Gasteiger partial charge in [-0.3, -0.25) is 9.59 Å². The van der Waals surface area contributed by atoms with Gasteiger partial charge in [-0.25, -0.2) is 0 Å². The summed E-state index contributed by atoms with van der Waals surface area (Å²) < 4.78 is 12.0. The van der Waals surface area contributed by atoms with E-state index in [2.05, 4.69) is 21.2 Å². The molecule has 2 amide bonds. The molecule has 0 aliphatic carbocycles. The van der Waals surface area contributed by atoms with Crippen molar-refractivity contribution in [1.82, 2.24) is 10.2 Å². The average Bonchev–Trinajstić information content (AvgIpc) is 2.75. The number of amides is 2. The molecule has 2 aromatic carbocycles. The number of hydrogen-bond donors (Lipinski definition) is 1. The van der Waals surface area contributed by atoms with E-state index in [1.165, 1.54) is 0 Å². The molecule has 7 heteroatoms. The lowest BCUT2D eigenvalue weighted by Crippen LogP contribution is -2.49. The van der Waals surface area contributed by atoms with E-state index in [4.69, 9.17) is 9.47 Å². The van der Waals surface area contributed by atoms with Crippen molar-refractivity contribution in [1.29, 1.82) is 0 Å². The molecule has 6 nitrogen and oxygen atoms in total. The van der Waals surface area contributed by atoms with Crippen molar-refractivity contribution >= 4 is 27.7 Å². The highest BCUT2D eigenvalue weighted by Gasteiger charge is 2.28. The molecule has 0 aromatic heterocycles. The number of nitrogens with one attached hydrogen (secondary N) is 1. The zero-order valence-electron chi connectivity index (χ0n) is 18.1. The predicted octanol–water partition coefficient (Wildman–Crippen LogP) is 4.01. The van der Waals surface area contributed by atoms with Crippen molar-refractivity contribution in [3.05, 3.63) is 57.6 Å². The molecular formula is C23H29BrN2O4. The first-order valence-corrected chi connectivity index (χ1v) is 10.6. The number of carbonyl (C=O) groups is 2. The van der Waals surface area contributed by atoms with Crippen LogP contribution < -0.4 is 14.8 Å². The largest absolute Gasteiger partial charge is 0.497 e. The quantitative estimate of drug-likeness (QED) is 0.593. The Morgan fingerprint density at radius 3 is 2.20 bits per heavy atom. The zero-order valence-corrected chi connectivity index (χ0v) is 19.7. The van der Waals surface area contributed by atoms with E-state index in [-0.39, 0.29) is 18.4 Å². The van der Waals surface area contributed by atoms with Crippen LogP contribution in [0.4, 0.5) is 0 Å². The van der Waals surface area contributed by atoms with Crippen LogP contribution in [0.15, 0.2) is 40.9 Å². The molecule has 1 N–H and O–H groups in total. The molecule has 30 heavy (non-hydrogen) atoms. The van der Waals surface area contributed by atoms with Crippen LogP contribution in [-0.2, 0) is 16.1 Å². The van der Waals surface area contributed by atoms with Crippen LogP contribution in [-0.4, -0.2) is 43.5 Å². The minimum Gasteiger partial charge on any atom is -0.497 e. The Labute approximate surface area is 186 Å². The highest BCUT2D eigenvalue weighted by molar-refractivity contribution is 9.10. The second kappa shape index (κ2) is 11.0. The first-order valence-electron chi connectivity index (χ1n) is 9.84. The Morgan fingerprint density at radius 2 is 1.70 bits per heavy atom. The number of carbonyl (C=O) groups excluding carboxylic acids is 2. The highest BCUT2D eigenvalue weighted by Crippen LogP contribution is 2.26. The maximum atomic E-state index is 13.1. The maximum absolute atomic E-state index is 13.1. The fraction of sp³-hybridized carbons (Fsp3) is 0.391.